The van der Waals surface area contributed by atoms with Crippen LogP contribution in [0.5, 0.6) is 0 Å². The van der Waals surface area contributed by atoms with Gasteiger partial charge in [-0.25, -0.2) is 4.79 Å². The number of nitrogens with one attached hydrogen (secondary N) is 1. The van der Waals surface area contributed by atoms with Crippen LogP contribution in [0.3, 0.4) is 0 Å². The second-order valence-corrected chi connectivity index (χ2v) is 8.62. The third kappa shape index (κ3) is 5.12. The minimum Gasteiger partial charge on any atom is -0.444 e. The van der Waals surface area contributed by atoms with E-state index in [9.17, 15) is 9.59 Å². The summed E-state index contributed by atoms with van der Waals surface area (Å²) < 4.78 is 5.41. The van der Waals surface area contributed by atoms with Crippen LogP contribution in [0, 0.1) is 17.8 Å². The Hall–Kier alpha value is -1.26. The Labute approximate surface area is 146 Å². The second-order valence-electron chi connectivity index (χ2n) is 8.62. The van der Waals surface area contributed by atoms with Gasteiger partial charge in [-0.1, -0.05) is 26.7 Å². The molecule has 2 rings (SSSR count). The van der Waals surface area contributed by atoms with E-state index < -0.39 is 5.60 Å². The van der Waals surface area contributed by atoms with Crippen molar-refractivity contribution < 1.29 is 14.3 Å². The molecule has 0 radical (unpaired) electrons. The van der Waals surface area contributed by atoms with Crippen LogP contribution in [-0.2, 0) is 9.53 Å². The third-order valence-corrected chi connectivity index (χ3v) is 5.55. The van der Waals surface area contributed by atoms with E-state index in [2.05, 4.69) is 19.2 Å². The van der Waals surface area contributed by atoms with Crippen molar-refractivity contribution in [1.29, 1.82) is 0 Å². The van der Waals surface area contributed by atoms with Gasteiger partial charge in [-0.05, 0) is 51.9 Å². The van der Waals surface area contributed by atoms with Crippen molar-refractivity contribution in [3.05, 3.63) is 0 Å². The molecule has 1 saturated carbocycles. The Bertz CT molecular complexity index is 450. The molecule has 138 valence electrons. The van der Waals surface area contributed by atoms with Gasteiger partial charge in [0.2, 0.25) is 5.91 Å². The predicted octanol–water partition coefficient (Wildman–Crippen LogP) is 3.57. The lowest BCUT2D eigenvalue weighted by Crippen LogP contribution is -2.49. The minimum absolute atomic E-state index is 0.0214. The van der Waals surface area contributed by atoms with Gasteiger partial charge in [0, 0.05) is 25.0 Å². The zero-order valence-electron chi connectivity index (χ0n) is 15.9. The van der Waals surface area contributed by atoms with Crippen LogP contribution >= 0.6 is 0 Å². The van der Waals surface area contributed by atoms with Gasteiger partial charge in [-0.2, -0.15) is 0 Å². The molecule has 0 aromatic rings. The van der Waals surface area contributed by atoms with Gasteiger partial charge in [0.05, 0.1) is 0 Å². The summed E-state index contributed by atoms with van der Waals surface area (Å²) in [5.41, 5.74) is -0.473. The monoisotopic (exact) mass is 338 g/mol. The van der Waals surface area contributed by atoms with E-state index in [4.69, 9.17) is 4.74 Å². The summed E-state index contributed by atoms with van der Waals surface area (Å²) in [7, 11) is 0. The second kappa shape index (κ2) is 7.75. The molecule has 2 amide bonds. The van der Waals surface area contributed by atoms with Crippen LogP contribution in [0.15, 0.2) is 0 Å². The molecule has 1 heterocycles. The number of rotatable bonds is 2. The van der Waals surface area contributed by atoms with Crippen molar-refractivity contribution in [2.24, 2.45) is 17.8 Å². The fourth-order valence-corrected chi connectivity index (χ4v) is 3.74. The Morgan fingerprint density at radius 3 is 2.25 bits per heavy atom. The number of ether oxygens (including phenoxy) is 1. The highest BCUT2D eigenvalue weighted by atomic mass is 16.6. The predicted molar refractivity (Wildman–Crippen MR) is 94.6 cm³/mol. The molecule has 3 unspecified atom stereocenters. The summed E-state index contributed by atoms with van der Waals surface area (Å²) >= 11 is 0. The molecule has 5 nitrogen and oxygen atoms in total. The van der Waals surface area contributed by atoms with E-state index in [1.807, 2.05) is 20.8 Å². The first-order chi connectivity index (χ1) is 11.2. The number of hydrogen-bond acceptors (Lipinski definition) is 3. The molecule has 3 atom stereocenters. The average Bonchev–Trinajstić information content (AvgIpc) is 2.50. The van der Waals surface area contributed by atoms with Crippen molar-refractivity contribution in [3.63, 3.8) is 0 Å². The highest BCUT2D eigenvalue weighted by molar-refractivity contribution is 5.79. The molecule has 0 spiro atoms. The summed E-state index contributed by atoms with van der Waals surface area (Å²) in [6.07, 6.45) is 4.74. The SMILES string of the molecule is CC1CCCC(NC(=O)C2CCN(C(=O)OC(C)(C)C)CC2)C1C. The highest BCUT2D eigenvalue weighted by Gasteiger charge is 2.33. The average molecular weight is 338 g/mol. The maximum atomic E-state index is 12.6. The maximum absolute atomic E-state index is 12.6. The lowest BCUT2D eigenvalue weighted by atomic mass is 9.78. The smallest absolute Gasteiger partial charge is 0.410 e. The van der Waals surface area contributed by atoms with Crippen LogP contribution in [0.4, 0.5) is 4.79 Å². The van der Waals surface area contributed by atoms with Gasteiger partial charge in [-0.15, -0.1) is 0 Å². The summed E-state index contributed by atoms with van der Waals surface area (Å²) in [5.74, 6) is 1.42. The zero-order chi connectivity index (χ0) is 17.9. The van der Waals surface area contributed by atoms with Gasteiger partial charge >= 0.3 is 6.09 Å². The highest BCUT2D eigenvalue weighted by Crippen LogP contribution is 2.30. The van der Waals surface area contributed by atoms with Crippen molar-refractivity contribution >= 4 is 12.0 Å². The number of carbonyl (C=O) groups excluding carboxylic acids is 2. The van der Waals surface area contributed by atoms with E-state index >= 15 is 0 Å². The number of amides is 2. The van der Waals surface area contributed by atoms with Crippen molar-refractivity contribution in [2.45, 2.75) is 78.4 Å². The van der Waals surface area contributed by atoms with Crippen LogP contribution < -0.4 is 5.32 Å². The molecule has 0 aromatic heterocycles. The number of nitrogens with zero attached hydrogens (tertiary/aromatic N) is 1. The topological polar surface area (TPSA) is 58.6 Å². The van der Waals surface area contributed by atoms with E-state index in [0.29, 0.717) is 31.0 Å². The van der Waals surface area contributed by atoms with Crippen molar-refractivity contribution in [3.8, 4) is 0 Å². The Morgan fingerprint density at radius 1 is 1.04 bits per heavy atom. The molecule has 1 saturated heterocycles. The molecule has 1 aliphatic heterocycles. The van der Waals surface area contributed by atoms with Crippen LogP contribution in [0.1, 0.15) is 66.7 Å². The van der Waals surface area contributed by atoms with Gasteiger partial charge in [-0.3, -0.25) is 4.79 Å². The molecule has 2 fully saturated rings. The molecule has 1 N–H and O–H groups in total. The maximum Gasteiger partial charge on any atom is 0.410 e. The molecule has 1 aliphatic carbocycles. The molecular weight excluding hydrogens is 304 g/mol. The number of hydrogen-bond donors (Lipinski definition) is 1. The lowest BCUT2D eigenvalue weighted by Gasteiger charge is -2.37. The molecule has 0 aromatic carbocycles. The number of piperidine rings is 1. The van der Waals surface area contributed by atoms with E-state index in [1.54, 1.807) is 4.90 Å². The molecule has 0 bridgehead atoms. The van der Waals surface area contributed by atoms with Crippen molar-refractivity contribution in [2.75, 3.05) is 13.1 Å². The fraction of sp³-hybridized carbons (Fsp3) is 0.895. The van der Waals surface area contributed by atoms with Gasteiger partial charge in [0.25, 0.3) is 0 Å². The van der Waals surface area contributed by atoms with Gasteiger partial charge in [0.15, 0.2) is 0 Å². The minimum atomic E-state index is -0.473. The Morgan fingerprint density at radius 2 is 1.67 bits per heavy atom. The Balaban J connectivity index is 1.79. The van der Waals surface area contributed by atoms with E-state index in [0.717, 1.165) is 19.3 Å². The van der Waals surface area contributed by atoms with Gasteiger partial charge in [0.1, 0.15) is 5.60 Å². The number of likely N-dealkylation sites (tertiary alicyclic amines) is 1. The lowest BCUT2D eigenvalue weighted by molar-refractivity contribution is -0.128. The molecule has 5 heteroatoms. The van der Waals surface area contributed by atoms with Crippen LogP contribution in [0.25, 0.3) is 0 Å². The van der Waals surface area contributed by atoms with E-state index in [-0.39, 0.29) is 17.9 Å². The first kappa shape index (κ1) is 19.1. The first-order valence-corrected chi connectivity index (χ1v) is 9.45. The van der Waals surface area contributed by atoms with Gasteiger partial charge < -0.3 is 15.0 Å². The fourth-order valence-electron chi connectivity index (χ4n) is 3.74. The van der Waals surface area contributed by atoms with Crippen LogP contribution in [0.2, 0.25) is 0 Å². The molecule has 2 aliphatic rings. The summed E-state index contributed by atoms with van der Waals surface area (Å²) in [6.45, 7) is 11.3. The van der Waals surface area contributed by atoms with Crippen LogP contribution in [-0.4, -0.2) is 41.6 Å². The largest absolute Gasteiger partial charge is 0.444 e. The summed E-state index contributed by atoms with van der Waals surface area (Å²) in [4.78, 5) is 26.4. The summed E-state index contributed by atoms with van der Waals surface area (Å²) in [5, 5.41) is 3.28. The number of carbonyl (C=O) groups is 2. The zero-order valence-corrected chi connectivity index (χ0v) is 15.9. The standard InChI is InChI=1S/C19H34N2O3/c1-13-7-6-8-16(14(13)2)20-17(22)15-9-11-21(12-10-15)18(23)24-19(3,4)5/h13-16H,6-12H2,1-5H3,(H,20,22). The molecule has 24 heavy (non-hydrogen) atoms. The first-order valence-electron chi connectivity index (χ1n) is 9.45. The normalized spacial score (nSPS) is 29.2. The third-order valence-electron chi connectivity index (χ3n) is 5.55. The quantitative estimate of drug-likeness (QED) is 0.837. The molecular formula is C19H34N2O3. The Kier molecular flexibility index (Phi) is 6.16. The summed E-state index contributed by atoms with van der Waals surface area (Å²) in [6, 6.07) is 0.310. The van der Waals surface area contributed by atoms with E-state index in [1.165, 1.54) is 12.8 Å². The van der Waals surface area contributed by atoms with Crippen molar-refractivity contribution in [1.82, 2.24) is 10.2 Å².